The third kappa shape index (κ3) is 1.72. The molecule has 0 amide bonds. The van der Waals surface area contributed by atoms with Crippen molar-refractivity contribution in [2.24, 2.45) is 5.41 Å². The highest BCUT2D eigenvalue weighted by Crippen LogP contribution is 2.40. The van der Waals surface area contributed by atoms with Gasteiger partial charge < -0.3 is 5.11 Å². The van der Waals surface area contributed by atoms with Crippen molar-refractivity contribution in [1.82, 2.24) is 0 Å². The van der Waals surface area contributed by atoms with Crippen molar-refractivity contribution in [3.05, 3.63) is 9.66 Å². The molecule has 1 unspecified atom stereocenters. The van der Waals surface area contributed by atoms with Crippen molar-refractivity contribution in [1.29, 1.82) is 0 Å². The Hall–Kier alpha value is 0.430. The molecule has 1 atom stereocenters. The smallest absolute Gasteiger partial charge is 0.0762 e. The summed E-state index contributed by atoms with van der Waals surface area (Å²) < 4.78 is 2.01. The molecule has 10 heavy (non-hydrogen) atoms. The first-order valence-corrected chi connectivity index (χ1v) is 4.77. The second-order valence-corrected chi connectivity index (χ2v) is 4.37. The number of hydrogen-bond acceptors (Lipinski definition) is 1. The van der Waals surface area contributed by atoms with E-state index in [2.05, 4.69) is 36.4 Å². The van der Waals surface area contributed by atoms with E-state index in [1.54, 1.807) is 0 Å². The Labute approximate surface area is 75.7 Å². The number of aliphatic hydroxyl groups is 1. The van der Waals surface area contributed by atoms with Gasteiger partial charge in [-0.15, -0.1) is 0 Å². The Morgan fingerprint density at radius 1 is 1.70 bits per heavy atom. The first-order chi connectivity index (χ1) is 4.55. The lowest BCUT2D eigenvalue weighted by Gasteiger charge is -2.14. The lowest BCUT2D eigenvalue weighted by atomic mass is 9.92. The maximum Gasteiger partial charge on any atom is 0.0762 e. The van der Waals surface area contributed by atoms with Crippen LogP contribution in [0.15, 0.2) is 9.66 Å². The van der Waals surface area contributed by atoms with Crippen LogP contribution in [0.3, 0.4) is 0 Å². The van der Waals surface area contributed by atoms with Gasteiger partial charge in [-0.05, 0) is 27.9 Å². The second kappa shape index (κ2) is 2.81. The van der Waals surface area contributed by atoms with Crippen LogP contribution in [0.2, 0.25) is 0 Å². The molecule has 0 spiro atoms. The first kappa shape index (κ1) is 8.53. The third-order valence-electron chi connectivity index (χ3n) is 2.00. The molecule has 58 valence electrons. The Morgan fingerprint density at radius 2 is 2.30 bits per heavy atom. The molecule has 1 N–H and O–H groups in total. The van der Waals surface area contributed by atoms with Crippen LogP contribution in [0.25, 0.3) is 0 Å². The lowest BCUT2D eigenvalue weighted by molar-refractivity contribution is 0.190. The Balaban J connectivity index is 2.71. The molecule has 1 fully saturated rings. The normalized spacial score (nSPS) is 35.2. The SMILES string of the molecule is CC1(C)C/C(=C/I)C(O)C1. The average molecular weight is 252 g/mol. The van der Waals surface area contributed by atoms with Gasteiger partial charge in [-0.2, -0.15) is 0 Å². The molecule has 1 aliphatic carbocycles. The predicted octanol–water partition coefficient (Wildman–Crippen LogP) is 2.49. The minimum Gasteiger partial charge on any atom is -0.389 e. The van der Waals surface area contributed by atoms with Crippen LogP contribution in [0.5, 0.6) is 0 Å². The predicted molar refractivity (Wildman–Crippen MR) is 51.1 cm³/mol. The fourth-order valence-corrected chi connectivity index (χ4v) is 2.14. The summed E-state index contributed by atoms with van der Waals surface area (Å²) in [6.07, 6.45) is 1.80. The van der Waals surface area contributed by atoms with Gasteiger partial charge >= 0.3 is 0 Å². The zero-order valence-electron chi connectivity index (χ0n) is 6.39. The minimum absolute atomic E-state index is 0.174. The largest absolute Gasteiger partial charge is 0.389 e. The number of halogens is 1. The second-order valence-electron chi connectivity index (χ2n) is 3.74. The highest BCUT2D eigenvalue weighted by Gasteiger charge is 2.33. The van der Waals surface area contributed by atoms with Gasteiger partial charge in [0.1, 0.15) is 0 Å². The standard InChI is InChI=1S/C8H13IO/c1-8(2)3-6(5-9)7(10)4-8/h5,7,10H,3-4H2,1-2H3/b6-5-. The van der Waals surface area contributed by atoms with Crippen LogP contribution in [-0.4, -0.2) is 11.2 Å². The molecular formula is C8H13IO. The van der Waals surface area contributed by atoms with Crippen LogP contribution < -0.4 is 0 Å². The lowest BCUT2D eigenvalue weighted by Crippen LogP contribution is -2.07. The summed E-state index contributed by atoms with van der Waals surface area (Å²) in [5.41, 5.74) is 1.52. The molecule has 0 heterocycles. The van der Waals surface area contributed by atoms with Crippen molar-refractivity contribution in [2.45, 2.75) is 32.8 Å². The Kier molecular flexibility index (Phi) is 2.40. The fraction of sp³-hybridized carbons (Fsp3) is 0.750. The third-order valence-corrected chi connectivity index (χ3v) is 2.80. The molecule has 1 aliphatic rings. The number of rotatable bonds is 0. The van der Waals surface area contributed by atoms with Gasteiger partial charge in [-0.25, -0.2) is 0 Å². The van der Waals surface area contributed by atoms with Crippen molar-refractivity contribution in [2.75, 3.05) is 0 Å². The highest BCUT2D eigenvalue weighted by molar-refractivity contribution is 14.1. The molecule has 1 nitrogen and oxygen atoms in total. The quantitative estimate of drug-likeness (QED) is 0.656. The zero-order chi connectivity index (χ0) is 7.78. The molecule has 0 saturated heterocycles. The highest BCUT2D eigenvalue weighted by atomic mass is 127. The fourth-order valence-electron chi connectivity index (χ4n) is 1.51. The van der Waals surface area contributed by atoms with E-state index >= 15 is 0 Å². The van der Waals surface area contributed by atoms with Gasteiger partial charge in [0, 0.05) is 0 Å². The van der Waals surface area contributed by atoms with Crippen molar-refractivity contribution in [3.63, 3.8) is 0 Å². The van der Waals surface area contributed by atoms with Gasteiger partial charge in [0.2, 0.25) is 0 Å². The van der Waals surface area contributed by atoms with Crippen LogP contribution in [0, 0.1) is 5.41 Å². The van der Waals surface area contributed by atoms with E-state index in [9.17, 15) is 5.11 Å². The molecule has 0 aliphatic heterocycles. The zero-order valence-corrected chi connectivity index (χ0v) is 8.55. The summed E-state index contributed by atoms with van der Waals surface area (Å²) in [5, 5.41) is 9.45. The number of hydrogen-bond donors (Lipinski definition) is 1. The molecule has 2 heteroatoms. The molecule has 0 aromatic carbocycles. The summed E-state index contributed by atoms with van der Waals surface area (Å²) >= 11 is 2.20. The summed E-state index contributed by atoms with van der Waals surface area (Å²) in [4.78, 5) is 0. The topological polar surface area (TPSA) is 20.2 Å². The van der Waals surface area contributed by atoms with Crippen molar-refractivity contribution in [3.8, 4) is 0 Å². The molecule has 0 aromatic rings. The minimum atomic E-state index is -0.174. The monoisotopic (exact) mass is 252 g/mol. The Morgan fingerprint density at radius 3 is 2.50 bits per heavy atom. The average Bonchev–Trinajstić information content (AvgIpc) is 2.05. The van der Waals surface area contributed by atoms with E-state index in [0.29, 0.717) is 5.41 Å². The van der Waals surface area contributed by atoms with Crippen LogP contribution in [-0.2, 0) is 0 Å². The maximum absolute atomic E-state index is 9.45. The molecular weight excluding hydrogens is 239 g/mol. The van der Waals surface area contributed by atoms with Crippen LogP contribution in [0.1, 0.15) is 26.7 Å². The van der Waals surface area contributed by atoms with Gasteiger partial charge in [0.05, 0.1) is 6.10 Å². The van der Waals surface area contributed by atoms with Gasteiger partial charge in [-0.3, -0.25) is 0 Å². The number of aliphatic hydroxyl groups excluding tert-OH is 1. The first-order valence-electron chi connectivity index (χ1n) is 3.52. The summed E-state index contributed by atoms with van der Waals surface area (Å²) in [7, 11) is 0. The van der Waals surface area contributed by atoms with Crippen LogP contribution in [0.4, 0.5) is 0 Å². The van der Waals surface area contributed by atoms with Gasteiger partial charge in [0.15, 0.2) is 0 Å². The van der Waals surface area contributed by atoms with E-state index in [1.807, 2.05) is 4.08 Å². The van der Waals surface area contributed by atoms with Crippen LogP contribution >= 0.6 is 22.6 Å². The van der Waals surface area contributed by atoms with E-state index in [0.717, 1.165) is 12.8 Å². The van der Waals surface area contributed by atoms with E-state index in [1.165, 1.54) is 5.57 Å². The molecule has 0 aromatic heterocycles. The van der Waals surface area contributed by atoms with Gasteiger partial charge in [-0.1, -0.05) is 36.4 Å². The van der Waals surface area contributed by atoms with E-state index in [4.69, 9.17) is 0 Å². The molecule has 1 saturated carbocycles. The molecule has 0 radical (unpaired) electrons. The maximum atomic E-state index is 9.45. The van der Waals surface area contributed by atoms with E-state index in [-0.39, 0.29) is 6.10 Å². The van der Waals surface area contributed by atoms with E-state index < -0.39 is 0 Å². The summed E-state index contributed by atoms with van der Waals surface area (Å²) in [6, 6.07) is 0. The molecule has 1 rings (SSSR count). The summed E-state index contributed by atoms with van der Waals surface area (Å²) in [6.45, 7) is 4.40. The molecule has 0 bridgehead atoms. The van der Waals surface area contributed by atoms with Crippen molar-refractivity contribution >= 4 is 22.6 Å². The Bertz CT molecular complexity index is 161. The van der Waals surface area contributed by atoms with Crippen molar-refractivity contribution < 1.29 is 5.11 Å². The van der Waals surface area contributed by atoms with Gasteiger partial charge in [0.25, 0.3) is 0 Å². The summed E-state index contributed by atoms with van der Waals surface area (Å²) in [5.74, 6) is 0.